The predicted octanol–water partition coefficient (Wildman–Crippen LogP) is 1.99. The average Bonchev–Trinajstić information content (AvgIpc) is 2.49. The van der Waals surface area contributed by atoms with Crippen LogP contribution in [-0.2, 0) is 17.6 Å². The van der Waals surface area contributed by atoms with Crippen molar-refractivity contribution in [2.45, 2.75) is 19.3 Å². The van der Waals surface area contributed by atoms with Gasteiger partial charge in [-0.05, 0) is 44.6 Å². The summed E-state index contributed by atoms with van der Waals surface area (Å²) in [6.07, 6.45) is 2.61. The first-order valence-electron chi connectivity index (χ1n) is 6.66. The van der Waals surface area contributed by atoms with Gasteiger partial charge in [-0.25, -0.2) is 0 Å². The second-order valence-corrected chi connectivity index (χ2v) is 5.23. The van der Waals surface area contributed by atoms with Gasteiger partial charge in [-0.15, -0.1) is 12.4 Å². The molecule has 106 valence electrons. The van der Waals surface area contributed by atoms with Crippen molar-refractivity contribution in [1.29, 1.82) is 0 Å². The van der Waals surface area contributed by atoms with Gasteiger partial charge in [0, 0.05) is 13.1 Å². The fourth-order valence-electron chi connectivity index (χ4n) is 2.44. The van der Waals surface area contributed by atoms with Crippen LogP contribution in [0.25, 0.3) is 0 Å². The molecule has 0 fully saturated rings. The Morgan fingerprint density at radius 1 is 1.21 bits per heavy atom. The summed E-state index contributed by atoms with van der Waals surface area (Å²) in [5.74, 6) is 0.277. The topological polar surface area (TPSA) is 23.6 Å². The molecule has 0 N–H and O–H groups in total. The predicted molar refractivity (Wildman–Crippen MR) is 80.8 cm³/mol. The highest BCUT2D eigenvalue weighted by Gasteiger charge is 2.19. The monoisotopic (exact) mass is 282 g/mol. The second kappa shape index (κ2) is 7.51. The lowest BCUT2D eigenvalue weighted by Gasteiger charge is -2.21. The van der Waals surface area contributed by atoms with E-state index in [4.69, 9.17) is 0 Å². The summed E-state index contributed by atoms with van der Waals surface area (Å²) >= 11 is 0. The van der Waals surface area contributed by atoms with E-state index in [0.717, 1.165) is 32.5 Å². The minimum atomic E-state index is 0. The van der Waals surface area contributed by atoms with Gasteiger partial charge in [0.05, 0.1) is 6.42 Å². The van der Waals surface area contributed by atoms with E-state index in [2.05, 4.69) is 37.2 Å². The molecule has 0 bridgehead atoms. The minimum absolute atomic E-state index is 0. The van der Waals surface area contributed by atoms with Crippen LogP contribution < -0.4 is 0 Å². The van der Waals surface area contributed by atoms with Crippen molar-refractivity contribution in [1.82, 2.24) is 9.80 Å². The number of amides is 1. The van der Waals surface area contributed by atoms with Gasteiger partial charge in [0.15, 0.2) is 0 Å². The molecule has 0 aromatic heterocycles. The number of nitrogens with zero attached hydrogens (tertiary/aromatic N) is 2. The lowest BCUT2D eigenvalue weighted by Crippen LogP contribution is -2.34. The van der Waals surface area contributed by atoms with E-state index in [1.165, 1.54) is 11.1 Å². The Bertz CT molecular complexity index is 420. The van der Waals surface area contributed by atoms with Crippen molar-refractivity contribution >= 4 is 18.3 Å². The van der Waals surface area contributed by atoms with Crippen molar-refractivity contribution in [3.8, 4) is 0 Å². The van der Waals surface area contributed by atoms with Crippen molar-refractivity contribution in [3.63, 3.8) is 0 Å². The Morgan fingerprint density at radius 2 is 1.89 bits per heavy atom. The average molecular weight is 283 g/mol. The highest BCUT2D eigenvalue weighted by molar-refractivity contribution is 5.85. The number of benzene rings is 1. The Balaban J connectivity index is 0.00000180. The molecule has 1 aromatic carbocycles. The smallest absolute Gasteiger partial charge is 0.227 e. The number of carbonyl (C=O) groups is 1. The number of fused-ring (bicyclic) bond motifs is 1. The third-order valence-corrected chi connectivity index (χ3v) is 3.50. The lowest BCUT2D eigenvalue weighted by molar-refractivity contribution is -0.130. The Labute approximate surface area is 122 Å². The molecule has 3 nitrogen and oxygen atoms in total. The molecule has 4 heteroatoms. The van der Waals surface area contributed by atoms with Gasteiger partial charge in [0.1, 0.15) is 0 Å². The molecule has 0 aliphatic carbocycles. The zero-order chi connectivity index (χ0) is 13.0. The maximum atomic E-state index is 12.2. The van der Waals surface area contributed by atoms with Crippen LogP contribution in [0.15, 0.2) is 24.3 Å². The molecule has 2 rings (SSSR count). The maximum absolute atomic E-state index is 12.2. The van der Waals surface area contributed by atoms with Gasteiger partial charge in [-0.3, -0.25) is 4.79 Å². The number of hydrogen-bond acceptors (Lipinski definition) is 2. The third kappa shape index (κ3) is 4.51. The molecule has 0 atom stereocenters. The van der Waals surface area contributed by atoms with Crippen LogP contribution in [0.2, 0.25) is 0 Å². The number of halogens is 1. The van der Waals surface area contributed by atoms with E-state index in [1.807, 2.05) is 11.0 Å². The van der Waals surface area contributed by atoms with Crippen molar-refractivity contribution in [2.75, 3.05) is 33.7 Å². The molecule has 0 spiro atoms. The first kappa shape index (κ1) is 16.0. The Hall–Kier alpha value is -1.06. The summed E-state index contributed by atoms with van der Waals surface area (Å²) in [6.45, 7) is 2.78. The largest absolute Gasteiger partial charge is 0.342 e. The first-order valence-corrected chi connectivity index (χ1v) is 6.66. The molecule has 0 radical (unpaired) electrons. The number of carbonyl (C=O) groups excluding carboxylic acids is 1. The molecular weight excluding hydrogens is 260 g/mol. The molecule has 1 aromatic rings. The molecule has 0 saturated heterocycles. The molecule has 1 aliphatic rings. The van der Waals surface area contributed by atoms with Crippen LogP contribution in [0.1, 0.15) is 17.5 Å². The molecule has 1 aliphatic heterocycles. The van der Waals surface area contributed by atoms with E-state index in [-0.39, 0.29) is 18.3 Å². The van der Waals surface area contributed by atoms with Crippen molar-refractivity contribution in [2.24, 2.45) is 0 Å². The summed E-state index contributed by atoms with van der Waals surface area (Å²) in [5, 5.41) is 0. The van der Waals surface area contributed by atoms with Gasteiger partial charge < -0.3 is 9.80 Å². The van der Waals surface area contributed by atoms with E-state index in [9.17, 15) is 4.79 Å². The van der Waals surface area contributed by atoms with Gasteiger partial charge in [0.2, 0.25) is 5.91 Å². The van der Waals surface area contributed by atoms with Crippen LogP contribution >= 0.6 is 12.4 Å². The highest BCUT2D eigenvalue weighted by Crippen LogP contribution is 2.16. The normalized spacial score (nSPS) is 14.9. The molecule has 0 saturated carbocycles. The number of hydrogen-bond donors (Lipinski definition) is 0. The van der Waals surface area contributed by atoms with Crippen LogP contribution in [0.3, 0.4) is 0 Å². The van der Waals surface area contributed by atoms with Gasteiger partial charge in [0.25, 0.3) is 0 Å². The minimum Gasteiger partial charge on any atom is -0.342 e. The summed E-state index contributed by atoms with van der Waals surface area (Å²) in [7, 11) is 4.14. The van der Waals surface area contributed by atoms with Gasteiger partial charge in [-0.2, -0.15) is 0 Å². The van der Waals surface area contributed by atoms with E-state index in [0.29, 0.717) is 6.42 Å². The fraction of sp³-hybridized carbons (Fsp3) is 0.533. The van der Waals surface area contributed by atoms with Gasteiger partial charge >= 0.3 is 0 Å². The van der Waals surface area contributed by atoms with Crippen LogP contribution in [-0.4, -0.2) is 49.4 Å². The van der Waals surface area contributed by atoms with E-state index >= 15 is 0 Å². The summed E-state index contributed by atoms with van der Waals surface area (Å²) < 4.78 is 0. The van der Waals surface area contributed by atoms with Crippen molar-refractivity contribution < 1.29 is 4.79 Å². The number of rotatable bonds is 4. The maximum Gasteiger partial charge on any atom is 0.227 e. The van der Waals surface area contributed by atoms with Crippen LogP contribution in [0.5, 0.6) is 0 Å². The first-order chi connectivity index (χ1) is 8.66. The SMILES string of the molecule is CN(C)CCCN1CCc2ccccc2CC1=O.Cl. The Kier molecular flexibility index (Phi) is 6.32. The highest BCUT2D eigenvalue weighted by atomic mass is 35.5. The zero-order valence-corrected chi connectivity index (χ0v) is 12.6. The summed E-state index contributed by atoms with van der Waals surface area (Å²) in [4.78, 5) is 16.3. The standard InChI is InChI=1S/C15H22N2O.ClH/c1-16(2)9-5-10-17-11-8-13-6-3-4-7-14(13)12-15(17)18;/h3-4,6-7H,5,8-12H2,1-2H3;1H. The van der Waals surface area contributed by atoms with Crippen LogP contribution in [0.4, 0.5) is 0 Å². The van der Waals surface area contributed by atoms with Gasteiger partial charge in [-0.1, -0.05) is 24.3 Å². The molecular formula is C15H23ClN2O. The summed E-state index contributed by atoms with van der Waals surface area (Å²) in [5.41, 5.74) is 2.54. The third-order valence-electron chi connectivity index (χ3n) is 3.50. The molecule has 19 heavy (non-hydrogen) atoms. The summed E-state index contributed by atoms with van der Waals surface area (Å²) in [6, 6.07) is 8.31. The fourth-order valence-corrected chi connectivity index (χ4v) is 2.44. The van der Waals surface area contributed by atoms with Crippen LogP contribution in [0, 0.1) is 0 Å². The van der Waals surface area contributed by atoms with E-state index < -0.39 is 0 Å². The van der Waals surface area contributed by atoms with E-state index in [1.54, 1.807) is 0 Å². The molecule has 0 unspecified atom stereocenters. The molecule has 1 amide bonds. The quantitative estimate of drug-likeness (QED) is 0.843. The second-order valence-electron chi connectivity index (χ2n) is 5.23. The van der Waals surface area contributed by atoms with Crippen molar-refractivity contribution in [3.05, 3.63) is 35.4 Å². The molecule has 1 heterocycles. The lowest BCUT2D eigenvalue weighted by atomic mass is 10.0. The Morgan fingerprint density at radius 3 is 2.58 bits per heavy atom. The zero-order valence-electron chi connectivity index (χ0n) is 11.8.